The second-order valence-electron chi connectivity index (χ2n) is 9.72. The highest BCUT2D eigenvalue weighted by molar-refractivity contribution is 5.37. The number of rotatable bonds is 4. The lowest BCUT2D eigenvalue weighted by molar-refractivity contribution is -0.102. The molecular formula is C24H32N2O. The first-order chi connectivity index (χ1) is 12.7. The number of hydrogen-bond acceptors (Lipinski definition) is 3. The van der Waals surface area contributed by atoms with Crippen LogP contribution >= 0.6 is 0 Å². The van der Waals surface area contributed by atoms with Gasteiger partial charge < -0.3 is 4.74 Å². The van der Waals surface area contributed by atoms with Gasteiger partial charge in [-0.1, -0.05) is 26.7 Å². The molecule has 1 aromatic rings. The fourth-order valence-electron chi connectivity index (χ4n) is 4.90. The minimum atomic E-state index is -0.122. The number of terminal acetylenes is 1. The van der Waals surface area contributed by atoms with Gasteiger partial charge in [0.15, 0.2) is 0 Å². The van der Waals surface area contributed by atoms with Crippen LogP contribution in [-0.4, -0.2) is 29.6 Å². The van der Waals surface area contributed by atoms with Crippen molar-refractivity contribution in [2.75, 3.05) is 13.1 Å². The van der Waals surface area contributed by atoms with Crippen molar-refractivity contribution in [2.45, 2.75) is 71.4 Å². The Morgan fingerprint density at radius 2 is 1.78 bits per heavy atom. The molecule has 1 aromatic carbocycles. The zero-order valence-corrected chi connectivity index (χ0v) is 17.2. The van der Waals surface area contributed by atoms with Crippen LogP contribution in [0.1, 0.15) is 65.4 Å². The molecule has 1 aliphatic heterocycles. The van der Waals surface area contributed by atoms with Crippen LogP contribution in [0.5, 0.6) is 5.75 Å². The maximum absolute atomic E-state index is 9.33. The van der Waals surface area contributed by atoms with E-state index < -0.39 is 0 Å². The monoisotopic (exact) mass is 364 g/mol. The predicted octanol–water partition coefficient (Wildman–Crippen LogP) is 5.01. The summed E-state index contributed by atoms with van der Waals surface area (Å²) in [5, 5.41) is 9.33. The van der Waals surface area contributed by atoms with E-state index in [0.717, 1.165) is 37.2 Å². The average molecular weight is 365 g/mol. The van der Waals surface area contributed by atoms with Crippen LogP contribution in [0, 0.1) is 34.5 Å². The summed E-state index contributed by atoms with van der Waals surface area (Å²) >= 11 is 0. The molecule has 3 nitrogen and oxygen atoms in total. The molecule has 3 rings (SSSR count). The molecule has 3 heteroatoms. The summed E-state index contributed by atoms with van der Waals surface area (Å²) in [5.74, 6) is 3.53. The molecule has 0 radical (unpaired) electrons. The zero-order valence-electron chi connectivity index (χ0n) is 17.2. The van der Waals surface area contributed by atoms with Crippen molar-refractivity contribution in [2.24, 2.45) is 10.8 Å². The Morgan fingerprint density at radius 1 is 1.19 bits per heavy atom. The van der Waals surface area contributed by atoms with Crippen molar-refractivity contribution < 1.29 is 4.74 Å². The third-order valence-corrected chi connectivity index (χ3v) is 6.90. The van der Waals surface area contributed by atoms with Crippen molar-refractivity contribution in [1.29, 1.82) is 5.26 Å². The zero-order chi connectivity index (χ0) is 19.7. The van der Waals surface area contributed by atoms with Crippen LogP contribution in [0.2, 0.25) is 0 Å². The Bertz CT molecular complexity index is 731. The molecule has 27 heavy (non-hydrogen) atoms. The third-order valence-electron chi connectivity index (χ3n) is 6.90. The van der Waals surface area contributed by atoms with Crippen molar-refractivity contribution in [3.05, 3.63) is 29.8 Å². The number of hydrogen-bond donors (Lipinski definition) is 0. The Balaban J connectivity index is 1.54. The molecule has 1 saturated carbocycles. The first-order valence-corrected chi connectivity index (χ1v) is 10.1. The van der Waals surface area contributed by atoms with Crippen LogP contribution in [0.15, 0.2) is 24.3 Å². The molecule has 0 unspecified atom stereocenters. The third kappa shape index (κ3) is 3.99. The van der Waals surface area contributed by atoms with E-state index in [0.29, 0.717) is 12.5 Å². The van der Waals surface area contributed by atoms with Gasteiger partial charge in [-0.3, -0.25) is 4.90 Å². The largest absolute Gasteiger partial charge is 0.485 e. The Morgan fingerprint density at radius 3 is 2.26 bits per heavy atom. The molecule has 0 spiro atoms. The van der Waals surface area contributed by atoms with E-state index in [9.17, 15) is 5.26 Å². The molecule has 0 aromatic heterocycles. The van der Waals surface area contributed by atoms with E-state index in [2.05, 4.69) is 44.6 Å². The Hall–Kier alpha value is -1.97. The predicted molar refractivity (Wildman–Crippen MR) is 109 cm³/mol. The van der Waals surface area contributed by atoms with Gasteiger partial charge in [0, 0.05) is 31.1 Å². The van der Waals surface area contributed by atoms with Gasteiger partial charge in [-0.15, -0.1) is 6.42 Å². The number of nitrogens with zero attached hydrogens (tertiary/aromatic N) is 2. The smallest absolute Gasteiger partial charge is 0.131 e. The summed E-state index contributed by atoms with van der Waals surface area (Å²) in [5.41, 5.74) is 1.11. The van der Waals surface area contributed by atoms with Crippen LogP contribution in [-0.2, 0) is 0 Å². The summed E-state index contributed by atoms with van der Waals surface area (Å²) in [6.45, 7) is 11.0. The molecule has 0 bridgehead atoms. The van der Waals surface area contributed by atoms with E-state index in [4.69, 9.17) is 11.2 Å². The van der Waals surface area contributed by atoms with Gasteiger partial charge >= 0.3 is 0 Å². The molecule has 144 valence electrons. The molecular weight excluding hydrogens is 332 g/mol. The van der Waals surface area contributed by atoms with E-state index in [1.165, 1.54) is 12.8 Å². The number of likely N-dealkylation sites (tertiary alicyclic amines) is 1. The highest BCUT2D eigenvalue weighted by Crippen LogP contribution is 2.53. The Kier molecular flexibility index (Phi) is 5.29. The quantitative estimate of drug-likeness (QED) is 0.705. The number of ether oxygens (including phenoxy) is 1. The molecule has 1 heterocycles. The number of nitriles is 1. The van der Waals surface area contributed by atoms with E-state index in [-0.39, 0.29) is 16.4 Å². The lowest BCUT2D eigenvalue weighted by Gasteiger charge is -2.55. The first kappa shape index (κ1) is 19.8. The van der Waals surface area contributed by atoms with Crippen LogP contribution in [0.3, 0.4) is 0 Å². The standard InChI is InChI=1S/C24H32N2O/c1-6-19-7-9-21(10-8-19)27-23(5)17-26(18-23)20-11-13-24(14-12-20,15-16-25)22(2,3)4/h1,7-10,20H,11-15,17-18H2,2-5H3. The summed E-state index contributed by atoms with van der Waals surface area (Å²) in [7, 11) is 0. The van der Waals surface area contributed by atoms with Crippen LogP contribution in [0.4, 0.5) is 0 Å². The summed E-state index contributed by atoms with van der Waals surface area (Å²) in [6.07, 6.45) is 10.8. The van der Waals surface area contributed by atoms with Gasteiger partial charge in [-0.25, -0.2) is 0 Å². The van der Waals surface area contributed by atoms with Crippen LogP contribution < -0.4 is 4.74 Å². The molecule has 0 amide bonds. The fourth-order valence-corrected chi connectivity index (χ4v) is 4.90. The second kappa shape index (κ2) is 7.21. The summed E-state index contributed by atoms with van der Waals surface area (Å²) in [4.78, 5) is 2.56. The lowest BCUT2D eigenvalue weighted by Crippen LogP contribution is -2.66. The molecule has 1 aliphatic carbocycles. The molecule has 0 atom stereocenters. The van der Waals surface area contributed by atoms with Crippen molar-refractivity contribution >= 4 is 0 Å². The van der Waals surface area contributed by atoms with Crippen molar-refractivity contribution in [3.8, 4) is 24.2 Å². The van der Waals surface area contributed by atoms with Gasteiger partial charge in [0.25, 0.3) is 0 Å². The molecule has 0 N–H and O–H groups in total. The number of benzene rings is 1. The van der Waals surface area contributed by atoms with Gasteiger partial charge in [0.05, 0.1) is 6.07 Å². The van der Waals surface area contributed by atoms with E-state index in [1.54, 1.807) is 0 Å². The highest BCUT2D eigenvalue weighted by atomic mass is 16.5. The average Bonchev–Trinajstić information content (AvgIpc) is 2.60. The minimum Gasteiger partial charge on any atom is -0.485 e. The second-order valence-corrected chi connectivity index (χ2v) is 9.72. The van der Waals surface area contributed by atoms with Gasteiger partial charge in [-0.2, -0.15) is 5.26 Å². The lowest BCUT2D eigenvalue weighted by atomic mass is 9.57. The fraction of sp³-hybridized carbons (Fsp3) is 0.625. The Labute approximate surface area is 164 Å². The first-order valence-electron chi connectivity index (χ1n) is 10.1. The molecule has 1 saturated heterocycles. The topological polar surface area (TPSA) is 36.3 Å². The van der Waals surface area contributed by atoms with E-state index in [1.807, 2.05) is 24.3 Å². The van der Waals surface area contributed by atoms with Gasteiger partial charge in [0.2, 0.25) is 0 Å². The van der Waals surface area contributed by atoms with Crippen LogP contribution in [0.25, 0.3) is 0 Å². The van der Waals surface area contributed by atoms with Crippen molar-refractivity contribution in [3.63, 3.8) is 0 Å². The SMILES string of the molecule is C#Cc1ccc(OC2(C)CN(C3CCC(CC#N)(C(C)(C)C)CC3)C2)cc1. The van der Waals surface area contributed by atoms with Gasteiger partial charge in [0.1, 0.15) is 11.4 Å². The minimum absolute atomic E-state index is 0.122. The highest BCUT2D eigenvalue weighted by Gasteiger charge is 2.49. The maximum atomic E-state index is 9.33. The summed E-state index contributed by atoms with van der Waals surface area (Å²) in [6, 6.07) is 10.9. The normalized spacial score (nSPS) is 27.9. The molecule has 2 aliphatic rings. The van der Waals surface area contributed by atoms with E-state index >= 15 is 0 Å². The summed E-state index contributed by atoms with van der Waals surface area (Å²) < 4.78 is 6.24. The van der Waals surface area contributed by atoms with Crippen molar-refractivity contribution in [1.82, 2.24) is 4.90 Å². The van der Waals surface area contributed by atoms with Gasteiger partial charge in [-0.05, 0) is 67.7 Å². The molecule has 2 fully saturated rings. The maximum Gasteiger partial charge on any atom is 0.131 e.